The second-order valence-corrected chi connectivity index (χ2v) is 9.19. The number of aromatic nitrogens is 1. The molecule has 0 radical (unpaired) electrons. The average molecular weight is 517 g/mol. The number of ketones is 1. The van der Waals surface area contributed by atoms with E-state index in [0.717, 1.165) is 11.3 Å². The molecule has 1 aromatic heterocycles. The van der Waals surface area contributed by atoms with Crippen LogP contribution in [0.3, 0.4) is 0 Å². The van der Waals surface area contributed by atoms with Crippen LogP contribution in [-0.4, -0.2) is 35.5 Å². The number of hydrogen-bond acceptors (Lipinski definition) is 7. The van der Waals surface area contributed by atoms with Gasteiger partial charge in [0.25, 0.3) is 5.78 Å². The van der Waals surface area contributed by atoms with Gasteiger partial charge < -0.3 is 14.6 Å². The van der Waals surface area contributed by atoms with E-state index in [1.807, 2.05) is 0 Å². The van der Waals surface area contributed by atoms with Crippen LogP contribution in [0.25, 0.3) is 16.0 Å². The van der Waals surface area contributed by atoms with Crippen molar-refractivity contribution in [2.45, 2.75) is 6.04 Å². The normalized spacial score (nSPS) is 16.8. The largest absolute Gasteiger partial charge is 0.507 e. The highest BCUT2D eigenvalue weighted by Crippen LogP contribution is 2.45. The zero-order valence-electron chi connectivity index (χ0n) is 19.7. The third-order valence-electron chi connectivity index (χ3n) is 5.89. The van der Waals surface area contributed by atoms with Gasteiger partial charge in [-0.05, 0) is 60.2 Å². The Morgan fingerprint density at radius 2 is 1.92 bits per heavy atom. The molecule has 0 bridgehead atoms. The number of methoxy groups -OCH3 is 1. The highest BCUT2D eigenvalue weighted by atomic mass is 32.1. The number of amides is 1. The molecule has 4 aromatic rings. The molecule has 0 saturated carbocycles. The first-order chi connectivity index (χ1) is 17.9. The van der Waals surface area contributed by atoms with Crippen LogP contribution in [0.2, 0.25) is 0 Å². The van der Waals surface area contributed by atoms with Gasteiger partial charge in [-0.15, -0.1) is 0 Å². The molecule has 186 valence electrons. The maximum absolute atomic E-state index is 13.8. The molecule has 9 heteroatoms. The third kappa shape index (κ3) is 4.45. The molecule has 3 aromatic carbocycles. The number of rotatable bonds is 7. The molecule has 37 heavy (non-hydrogen) atoms. The number of carbonyl (C=O) groups excluding carboxylic acids is 2. The Kier molecular flexibility index (Phi) is 6.45. The maximum Gasteiger partial charge on any atom is 0.301 e. The van der Waals surface area contributed by atoms with Gasteiger partial charge >= 0.3 is 5.91 Å². The van der Waals surface area contributed by atoms with E-state index in [9.17, 15) is 19.1 Å². The summed E-state index contributed by atoms with van der Waals surface area (Å²) in [5.41, 5.74) is 1.26. The second kappa shape index (κ2) is 9.87. The average Bonchev–Trinajstić information content (AvgIpc) is 3.44. The Labute approximate surface area is 215 Å². The zero-order valence-corrected chi connectivity index (χ0v) is 20.5. The van der Waals surface area contributed by atoms with Crippen molar-refractivity contribution in [2.24, 2.45) is 0 Å². The van der Waals surface area contributed by atoms with E-state index in [1.54, 1.807) is 54.6 Å². The van der Waals surface area contributed by atoms with Crippen LogP contribution in [0, 0.1) is 5.82 Å². The van der Waals surface area contributed by atoms with Crippen molar-refractivity contribution in [1.29, 1.82) is 0 Å². The van der Waals surface area contributed by atoms with Crippen molar-refractivity contribution in [3.63, 3.8) is 0 Å². The monoisotopic (exact) mass is 516 g/mol. The smallest absolute Gasteiger partial charge is 0.301 e. The number of thiazole rings is 1. The maximum atomic E-state index is 13.8. The van der Waals surface area contributed by atoms with E-state index in [-0.39, 0.29) is 23.1 Å². The fourth-order valence-corrected chi connectivity index (χ4v) is 5.19. The number of Topliss-reactive ketones (excluding diaryl/α,β-unsaturated/α-hetero) is 1. The molecular weight excluding hydrogens is 495 g/mol. The van der Waals surface area contributed by atoms with E-state index in [4.69, 9.17) is 9.47 Å². The molecule has 1 fully saturated rings. The van der Waals surface area contributed by atoms with E-state index < -0.39 is 23.5 Å². The summed E-state index contributed by atoms with van der Waals surface area (Å²) in [6.07, 6.45) is 1.60. The van der Waals surface area contributed by atoms with Crippen LogP contribution in [-0.2, 0) is 9.59 Å². The molecule has 1 N–H and O–H groups in total. The second-order valence-electron chi connectivity index (χ2n) is 8.18. The first-order valence-electron chi connectivity index (χ1n) is 11.3. The molecule has 5 rings (SSSR count). The molecular formula is C28H21FN2O5S. The highest BCUT2D eigenvalue weighted by molar-refractivity contribution is 7.22. The van der Waals surface area contributed by atoms with E-state index >= 15 is 0 Å². The Morgan fingerprint density at radius 1 is 1.14 bits per heavy atom. The van der Waals surface area contributed by atoms with Crippen molar-refractivity contribution in [3.8, 4) is 11.5 Å². The van der Waals surface area contributed by atoms with Crippen molar-refractivity contribution in [2.75, 3.05) is 18.6 Å². The molecule has 0 aliphatic carbocycles. The molecule has 1 unspecified atom stereocenters. The van der Waals surface area contributed by atoms with Gasteiger partial charge in [0.15, 0.2) is 5.13 Å². The first-order valence-corrected chi connectivity index (χ1v) is 12.1. The zero-order chi connectivity index (χ0) is 26.1. The topological polar surface area (TPSA) is 89.0 Å². The van der Waals surface area contributed by atoms with E-state index in [2.05, 4.69) is 11.6 Å². The van der Waals surface area contributed by atoms with Gasteiger partial charge in [0.05, 0.1) is 28.9 Å². The summed E-state index contributed by atoms with van der Waals surface area (Å²) in [6, 6.07) is 16.5. The molecule has 2 heterocycles. The van der Waals surface area contributed by atoms with Crippen molar-refractivity contribution < 1.29 is 28.6 Å². The SMILES string of the molecule is C=CCOc1cccc(C2/C(=C(\O)c3ccc(OC)cc3)C(=O)C(=O)N2c2nc3ccc(F)cc3s2)c1. The lowest BCUT2D eigenvalue weighted by Gasteiger charge is -2.23. The third-order valence-corrected chi connectivity index (χ3v) is 6.91. The Morgan fingerprint density at radius 3 is 2.65 bits per heavy atom. The first kappa shape index (κ1) is 24.2. The predicted octanol–water partition coefficient (Wildman–Crippen LogP) is 5.64. The Balaban J connectivity index is 1.70. The molecule has 7 nitrogen and oxygen atoms in total. The summed E-state index contributed by atoms with van der Waals surface area (Å²) < 4.78 is 25.2. The number of carbonyl (C=O) groups is 2. The van der Waals surface area contributed by atoms with Gasteiger partial charge in [0.2, 0.25) is 0 Å². The number of hydrogen-bond donors (Lipinski definition) is 1. The minimum Gasteiger partial charge on any atom is -0.507 e. The summed E-state index contributed by atoms with van der Waals surface area (Å²) in [4.78, 5) is 32.5. The van der Waals surface area contributed by atoms with Crippen LogP contribution in [0.4, 0.5) is 9.52 Å². The molecule has 1 amide bonds. The predicted molar refractivity (Wildman–Crippen MR) is 139 cm³/mol. The summed E-state index contributed by atoms with van der Waals surface area (Å²) >= 11 is 1.08. The van der Waals surface area contributed by atoms with Crippen LogP contribution in [0.5, 0.6) is 11.5 Å². The summed E-state index contributed by atoms with van der Waals surface area (Å²) in [5, 5.41) is 11.5. The number of nitrogens with zero attached hydrogens (tertiary/aromatic N) is 2. The highest BCUT2D eigenvalue weighted by Gasteiger charge is 2.48. The molecule has 1 aliphatic rings. The number of fused-ring (bicyclic) bond motifs is 1. The number of benzene rings is 3. The summed E-state index contributed by atoms with van der Waals surface area (Å²) in [5.74, 6) is -1.41. The van der Waals surface area contributed by atoms with Crippen LogP contribution in [0.1, 0.15) is 17.2 Å². The Hall–Kier alpha value is -4.50. The van der Waals surface area contributed by atoms with Crippen molar-refractivity contribution in [1.82, 2.24) is 4.98 Å². The van der Waals surface area contributed by atoms with Crippen LogP contribution in [0.15, 0.2) is 85.0 Å². The van der Waals surface area contributed by atoms with Gasteiger partial charge in [0.1, 0.15) is 29.7 Å². The molecule has 0 spiro atoms. The number of anilines is 1. The van der Waals surface area contributed by atoms with Crippen LogP contribution < -0.4 is 14.4 Å². The summed E-state index contributed by atoms with van der Waals surface area (Å²) in [7, 11) is 1.52. The van der Waals surface area contributed by atoms with Crippen molar-refractivity contribution >= 4 is 44.1 Å². The minimum absolute atomic E-state index is 0.0959. The summed E-state index contributed by atoms with van der Waals surface area (Å²) in [6.45, 7) is 3.91. The van der Waals surface area contributed by atoms with Gasteiger partial charge in [0, 0.05) is 5.56 Å². The lowest BCUT2D eigenvalue weighted by atomic mass is 9.95. The molecule has 1 atom stereocenters. The van der Waals surface area contributed by atoms with E-state index in [1.165, 1.54) is 30.2 Å². The van der Waals surface area contributed by atoms with Crippen molar-refractivity contribution in [3.05, 3.63) is 102 Å². The Bertz CT molecular complexity index is 1560. The number of halogens is 1. The van der Waals surface area contributed by atoms with Gasteiger partial charge in [-0.1, -0.05) is 36.1 Å². The lowest BCUT2D eigenvalue weighted by molar-refractivity contribution is -0.132. The lowest BCUT2D eigenvalue weighted by Crippen LogP contribution is -2.29. The minimum atomic E-state index is -1.00. The van der Waals surface area contributed by atoms with Gasteiger partial charge in [-0.3, -0.25) is 14.5 Å². The number of ether oxygens (including phenoxy) is 2. The van der Waals surface area contributed by atoms with E-state index in [0.29, 0.717) is 32.8 Å². The number of aliphatic hydroxyl groups is 1. The van der Waals surface area contributed by atoms with Gasteiger partial charge in [-0.2, -0.15) is 0 Å². The quantitative estimate of drug-likeness (QED) is 0.148. The van der Waals surface area contributed by atoms with Gasteiger partial charge in [-0.25, -0.2) is 9.37 Å². The van der Waals surface area contributed by atoms with Crippen LogP contribution >= 0.6 is 11.3 Å². The molecule has 1 saturated heterocycles. The fourth-order valence-electron chi connectivity index (χ4n) is 4.17. The fraction of sp³-hybridized carbons (Fsp3) is 0.107. The molecule has 1 aliphatic heterocycles. The standard InChI is InChI=1S/C28H21FN2O5S/c1-3-13-36-20-6-4-5-17(14-20)24-23(25(32)16-7-10-19(35-2)11-8-16)26(33)27(34)31(24)28-30-21-12-9-18(29)15-22(21)37-28/h3-12,14-15,24,32H,1,13H2,2H3/b25-23+. The number of aliphatic hydroxyl groups excluding tert-OH is 1.